The molecular formula is C25H20Cl2N2O5S. The van der Waals surface area contributed by atoms with Gasteiger partial charge in [0.15, 0.2) is 0 Å². The van der Waals surface area contributed by atoms with E-state index in [9.17, 15) is 14.4 Å². The first-order chi connectivity index (χ1) is 16.8. The van der Waals surface area contributed by atoms with Crippen LogP contribution in [0.5, 0.6) is 0 Å². The molecule has 1 aliphatic rings. The molecule has 0 saturated carbocycles. The zero-order valence-electron chi connectivity index (χ0n) is 18.7. The molecule has 2 aromatic carbocycles. The van der Waals surface area contributed by atoms with Crippen LogP contribution in [-0.4, -0.2) is 30.2 Å². The number of hydrogen-bond donors (Lipinski definition) is 1. The topological polar surface area (TPSA) is 101 Å². The van der Waals surface area contributed by atoms with E-state index < -0.39 is 23.4 Å². The third-order valence-corrected chi connectivity index (χ3v) is 7.03. The highest BCUT2D eigenvalue weighted by Crippen LogP contribution is 2.38. The Bertz CT molecular complexity index is 1520. The Kier molecular flexibility index (Phi) is 7.16. The number of carbonyl (C=O) groups is 2. The standard InChI is InChI=1S/C25H20Cl2N2O5S/c1-3-34-25(32)19-18(14-6-10-16(27)11-7-14)20(24(31)33-2)23-29(21(19)28)22(30)17(35-23)12-13-4-8-15(26)9-5-13/h4-12,18H,3,28H2,1-2H3/b17-12+/t18-/m0/s1. The average molecular weight is 531 g/mol. The van der Waals surface area contributed by atoms with E-state index in [0.29, 0.717) is 20.1 Å². The molecule has 1 atom stereocenters. The van der Waals surface area contributed by atoms with Crippen molar-refractivity contribution in [2.45, 2.75) is 12.8 Å². The fourth-order valence-electron chi connectivity index (χ4n) is 3.86. The molecule has 0 unspecified atom stereocenters. The number of ether oxygens (including phenoxy) is 2. The number of rotatable bonds is 5. The van der Waals surface area contributed by atoms with Gasteiger partial charge in [0.05, 0.1) is 35.3 Å². The Morgan fingerprint density at radius 3 is 2.20 bits per heavy atom. The Balaban J connectivity index is 2.10. The van der Waals surface area contributed by atoms with Gasteiger partial charge in [-0.1, -0.05) is 47.5 Å². The Hall–Kier alpha value is -3.33. The smallest absolute Gasteiger partial charge is 0.338 e. The van der Waals surface area contributed by atoms with Gasteiger partial charge in [0.2, 0.25) is 0 Å². The van der Waals surface area contributed by atoms with Gasteiger partial charge < -0.3 is 15.2 Å². The van der Waals surface area contributed by atoms with Gasteiger partial charge in [-0.2, -0.15) is 0 Å². The Morgan fingerprint density at radius 1 is 1.03 bits per heavy atom. The van der Waals surface area contributed by atoms with Gasteiger partial charge in [-0.15, -0.1) is 11.3 Å². The molecule has 0 radical (unpaired) electrons. The predicted molar refractivity (Wildman–Crippen MR) is 137 cm³/mol. The summed E-state index contributed by atoms with van der Waals surface area (Å²) in [6.07, 6.45) is 1.66. The summed E-state index contributed by atoms with van der Waals surface area (Å²) in [7, 11) is 1.23. The van der Waals surface area contributed by atoms with Gasteiger partial charge in [0, 0.05) is 10.0 Å². The van der Waals surface area contributed by atoms with Crippen molar-refractivity contribution in [3.63, 3.8) is 0 Å². The fourth-order valence-corrected chi connectivity index (χ4v) is 5.28. The Labute approximate surface area is 214 Å². The molecule has 1 aromatic heterocycles. The fraction of sp³-hybridized carbons (Fsp3) is 0.160. The molecule has 1 aliphatic heterocycles. The third kappa shape index (κ3) is 4.65. The first kappa shape index (κ1) is 24.8. The molecule has 0 fully saturated rings. The van der Waals surface area contributed by atoms with E-state index in [-0.39, 0.29) is 28.2 Å². The average Bonchev–Trinajstić information content (AvgIpc) is 3.16. The van der Waals surface area contributed by atoms with Crippen LogP contribution in [-0.2, 0) is 19.1 Å². The number of esters is 2. The monoisotopic (exact) mass is 530 g/mol. The van der Waals surface area contributed by atoms with Crippen molar-refractivity contribution in [1.29, 1.82) is 0 Å². The summed E-state index contributed by atoms with van der Waals surface area (Å²) in [6.45, 7) is 1.73. The minimum Gasteiger partial charge on any atom is -0.466 e. The van der Waals surface area contributed by atoms with Crippen molar-refractivity contribution in [3.8, 4) is 0 Å². The van der Waals surface area contributed by atoms with Crippen molar-refractivity contribution in [1.82, 2.24) is 4.57 Å². The summed E-state index contributed by atoms with van der Waals surface area (Å²) in [6, 6.07) is 13.6. The van der Waals surface area contributed by atoms with Gasteiger partial charge in [-0.3, -0.25) is 9.36 Å². The van der Waals surface area contributed by atoms with Crippen LogP contribution >= 0.6 is 34.5 Å². The molecule has 0 amide bonds. The maximum atomic E-state index is 13.4. The normalized spacial score (nSPS) is 15.7. The van der Waals surface area contributed by atoms with E-state index in [0.717, 1.165) is 21.5 Å². The number of thiazole rings is 1. The number of carbonyl (C=O) groups excluding carboxylic acids is 2. The van der Waals surface area contributed by atoms with E-state index in [2.05, 4.69) is 0 Å². The van der Waals surface area contributed by atoms with Crippen molar-refractivity contribution in [3.05, 3.63) is 94.8 Å². The molecule has 0 bridgehead atoms. The predicted octanol–water partition coefficient (Wildman–Crippen LogP) is 2.86. The quantitative estimate of drug-likeness (QED) is 0.509. The molecule has 35 heavy (non-hydrogen) atoms. The lowest BCUT2D eigenvalue weighted by Gasteiger charge is -2.26. The highest BCUT2D eigenvalue weighted by Gasteiger charge is 2.39. The zero-order chi connectivity index (χ0) is 25.3. The summed E-state index contributed by atoms with van der Waals surface area (Å²) in [4.78, 5) is 39.6. The second-order valence-corrected chi connectivity index (χ2v) is 9.42. The minimum atomic E-state index is -0.930. The number of nitrogens with two attached hydrogens (primary N) is 1. The van der Waals surface area contributed by atoms with Crippen molar-refractivity contribution in [2.75, 3.05) is 13.7 Å². The number of benzene rings is 2. The van der Waals surface area contributed by atoms with E-state index in [1.807, 2.05) is 0 Å². The molecule has 180 valence electrons. The van der Waals surface area contributed by atoms with Crippen molar-refractivity contribution >= 4 is 63.9 Å². The van der Waals surface area contributed by atoms with E-state index in [1.165, 1.54) is 7.11 Å². The van der Waals surface area contributed by atoms with Crippen LogP contribution in [0.2, 0.25) is 10.0 Å². The second-order valence-electron chi connectivity index (χ2n) is 7.52. The van der Waals surface area contributed by atoms with Crippen molar-refractivity contribution in [2.24, 2.45) is 5.73 Å². The van der Waals surface area contributed by atoms with Crippen LogP contribution in [0.15, 0.2) is 58.9 Å². The van der Waals surface area contributed by atoms with Gasteiger partial charge in [0.1, 0.15) is 10.5 Å². The highest BCUT2D eigenvalue weighted by molar-refractivity contribution is 7.07. The minimum absolute atomic E-state index is 0.0278. The zero-order valence-corrected chi connectivity index (χ0v) is 21.0. The van der Waals surface area contributed by atoms with E-state index in [1.54, 1.807) is 61.5 Å². The molecule has 0 saturated heterocycles. The van der Waals surface area contributed by atoms with Crippen LogP contribution in [0.25, 0.3) is 17.5 Å². The molecular weight excluding hydrogens is 511 g/mol. The SMILES string of the molecule is CCOC(=O)C1=C(N)n2c(s/c(=C/c3ccc(Cl)cc3)c2=O)=C(C(=O)OC)[C@H]1c1ccc(Cl)cc1. The van der Waals surface area contributed by atoms with Gasteiger partial charge in [-0.25, -0.2) is 9.59 Å². The lowest BCUT2D eigenvalue weighted by Crippen LogP contribution is -2.41. The molecule has 0 aliphatic carbocycles. The number of aromatic nitrogens is 1. The molecule has 4 rings (SSSR count). The second kappa shape index (κ2) is 10.1. The highest BCUT2D eigenvalue weighted by atomic mass is 35.5. The Morgan fingerprint density at radius 2 is 1.63 bits per heavy atom. The van der Waals surface area contributed by atoms with Gasteiger partial charge in [-0.05, 0) is 48.4 Å². The van der Waals surface area contributed by atoms with Crippen LogP contribution in [0.1, 0.15) is 24.0 Å². The molecule has 0 spiro atoms. The number of halogens is 2. The molecule has 10 heteroatoms. The first-order valence-electron chi connectivity index (χ1n) is 10.5. The van der Waals surface area contributed by atoms with E-state index >= 15 is 0 Å². The molecule has 2 heterocycles. The summed E-state index contributed by atoms with van der Waals surface area (Å²) in [5.74, 6) is -2.48. The lowest BCUT2D eigenvalue weighted by atomic mass is 9.83. The van der Waals surface area contributed by atoms with Crippen molar-refractivity contribution < 1.29 is 19.1 Å². The lowest BCUT2D eigenvalue weighted by molar-refractivity contribution is -0.138. The van der Waals surface area contributed by atoms with Gasteiger partial charge >= 0.3 is 11.9 Å². The number of methoxy groups -OCH3 is 1. The molecule has 7 nitrogen and oxygen atoms in total. The summed E-state index contributed by atoms with van der Waals surface area (Å²) in [5, 5.41) is 1.04. The van der Waals surface area contributed by atoms with Gasteiger partial charge in [0.25, 0.3) is 5.56 Å². The van der Waals surface area contributed by atoms with Crippen LogP contribution in [0, 0.1) is 0 Å². The first-order valence-corrected chi connectivity index (χ1v) is 12.1. The molecule has 3 aromatic rings. The number of hydrogen-bond acceptors (Lipinski definition) is 7. The maximum absolute atomic E-state index is 13.4. The number of fused-ring (bicyclic) bond motifs is 1. The number of nitrogens with zero attached hydrogens (tertiary/aromatic N) is 1. The van der Waals surface area contributed by atoms with E-state index in [4.69, 9.17) is 38.4 Å². The van der Waals surface area contributed by atoms with Crippen LogP contribution in [0.3, 0.4) is 0 Å². The largest absolute Gasteiger partial charge is 0.466 e. The summed E-state index contributed by atoms with van der Waals surface area (Å²) >= 11 is 13.1. The summed E-state index contributed by atoms with van der Waals surface area (Å²) in [5.41, 5.74) is 7.33. The van der Waals surface area contributed by atoms with Crippen LogP contribution < -0.4 is 20.5 Å². The summed E-state index contributed by atoms with van der Waals surface area (Å²) < 4.78 is 12.1. The maximum Gasteiger partial charge on any atom is 0.338 e. The third-order valence-electron chi connectivity index (χ3n) is 5.42. The molecule has 2 N–H and O–H groups in total. The van der Waals surface area contributed by atoms with Crippen LogP contribution in [0.4, 0.5) is 0 Å².